The van der Waals surface area contributed by atoms with Crippen molar-refractivity contribution in [1.82, 2.24) is 5.32 Å². The van der Waals surface area contributed by atoms with Gasteiger partial charge in [-0.1, -0.05) is 0 Å². The van der Waals surface area contributed by atoms with Gasteiger partial charge in [0.1, 0.15) is 0 Å². The van der Waals surface area contributed by atoms with Crippen molar-refractivity contribution in [2.24, 2.45) is 5.14 Å². The molecule has 0 spiro atoms. The minimum atomic E-state index is -3.71. The molecule has 1 saturated carbocycles. The Labute approximate surface area is 65.0 Å². The standard InChI is InChI=1S/C5H10N2O3S/c1-7-4(8)5(2-3-5)11(6,9)10/h2-3H2,1H3,(H,7,8)(H2,6,9,10). The van der Waals surface area contributed by atoms with E-state index in [-0.39, 0.29) is 0 Å². The molecule has 11 heavy (non-hydrogen) atoms. The molecule has 1 aliphatic rings. The van der Waals surface area contributed by atoms with Crippen molar-refractivity contribution < 1.29 is 13.2 Å². The Morgan fingerprint density at radius 2 is 2.00 bits per heavy atom. The van der Waals surface area contributed by atoms with Gasteiger partial charge in [-0.15, -0.1) is 0 Å². The zero-order valence-electron chi connectivity index (χ0n) is 6.12. The topological polar surface area (TPSA) is 89.3 Å². The summed E-state index contributed by atoms with van der Waals surface area (Å²) in [5.41, 5.74) is 0. The van der Waals surface area contributed by atoms with Gasteiger partial charge in [0.15, 0.2) is 4.75 Å². The van der Waals surface area contributed by atoms with Crippen LogP contribution in [0.4, 0.5) is 0 Å². The summed E-state index contributed by atoms with van der Waals surface area (Å²) < 4.78 is 20.4. The lowest BCUT2D eigenvalue weighted by atomic mass is 10.4. The third kappa shape index (κ3) is 1.12. The molecule has 0 radical (unpaired) electrons. The van der Waals surface area contributed by atoms with E-state index in [1.165, 1.54) is 7.05 Å². The maximum absolute atomic E-state index is 11.0. The fourth-order valence-electron chi connectivity index (χ4n) is 0.982. The van der Waals surface area contributed by atoms with Gasteiger partial charge in [0.05, 0.1) is 0 Å². The van der Waals surface area contributed by atoms with Gasteiger partial charge in [0, 0.05) is 7.05 Å². The highest BCUT2D eigenvalue weighted by molar-refractivity contribution is 7.91. The second-order valence-electron chi connectivity index (χ2n) is 2.62. The van der Waals surface area contributed by atoms with Gasteiger partial charge in [0.25, 0.3) is 0 Å². The molecule has 0 aromatic carbocycles. The van der Waals surface area contributed by atoms with Gasteiger partial charge in [-0.05, 0) is 12.8 Å². The van der Waals surface area contributed by atoms with Crippen molar-refractivity contribution in [3.8, 4) is 0 Å². The Morgan fingerprint density at radius 1 is 1.55 bits per heavy atom. The van der Waals surface area contributed by atoms with Gasteiger partial charge < -0.3 is 5.32 Å². The van der Waals surface area contributed by atoms with Crippen LogP contribution in [0.2, 0.25) is 0 Å². The van der Waals surface area contributed by atoms with E-state index in [9.17, 15) is 13.2 Å². The van der Waals surface area contributed by atoms with Gasteiger partial charge in [-0.3, -0.25) is 4.79 Å². The molecule has 1 rings (SSSR count). The first kappa shape index (κ1) is 8.48. The minimum Gasteiger partial charge on any atom is -0.358 e. The average molecular weight is 178 g/mol. The quantitative estimate of drug-likeness (QED) is 0.542. The van der Waals surface area contributed by atoms with Crippen LogP contribution in [0.1, 0.15) is 12.8 Å². The fraction of sp³-hybridized carbons (Fsp3) is 0.800. The second-order valence-corrected chi connectivity index (χ2v) is 4.49. The number of carbonyl (C=O) groups excluding carboxylic acids is 1. The summed E-state index contributed by atoms with van der Waals surface area (Å²) in [5.74, 6) is -0.500. The molecule has 0 aromatic rings. The smallest absolute Gasteiger partial charge is 0.242 e. The second kappa shape index (κ2) is 2.18. The van der Waals surface area contributed by atoms with Crippen molar-refractivity contribution in [3.63, 3.8) is 0 Å². The van der Waals surface area contributed by atoms with Crippen molar-refractivity contribution in [2.45, 2.75) is 17.6 Å². The Balaban J connectivity index is 2.94. The van der Waals surface area contributed by atoms with Crippen LogP contribution < -0.4 is 10.5 Å². The van der Waals surface area contributed by atoms with E-state index in [4.69, 9.17) is 5.14 Å². The van der Waals surface area contributed by atoms with Gasteiger partial charge in [0.2, 0.25) is 15.9 Å². The molecule has 0 atom stereocenters. The maximum Gasteiger partial charge on any atom is 0.242 e. The van der Waals surface area contributed by atoms with Gasteiger partial charge in [-0.2, -0.15) is 0 Å². The first-order valence-electron chi connectivity index (χ1n) is 3.18. The number of carbonyl (C=O) groups is 1. The molecule has 5 nitrogen and oxygen atoms in total. The molecule has 3 N–H and O–H groups in total. The van der Waals surface area contributed by atoms with Crippen LogP contribution in [0.3, 0.4) is 0 Å². The van der Waals surface area contributed by atoms with Crippen molar-refractivity contribution in [3.05, 3.63) is 0 Å². The highest BCUT2D eigenvalue weighted by Gasteiger charge is 2.59. The van der Waals surface area contributed by atoms with Gasteiger partial charge >= 0.3 is 0 Å². The Bertz CT molecular complexity index is 278. The molecule has 0 saturated heterocycles. The van der Waals surface area contributed by atoms with E-state index in [1.54, 1.807) is 0 Å². The van der Waals surface area contributed by atoms with Crippen molar-refractivity contribution in [2.75, 3.05) is 7.05 Å². The molecule has 1 aliphatic carbocycles. The normalized spacial score (nSPS) is 20.9. The zero-order chi connectivity index (χ0) is 8.70. The first-order valence-corrected chi connectivity index (χ1v) is 4.73. The number of primary sulfonamides is 1. The van der Waals surface area contributed by atoms with Crippen LogP contribution in [0, 0.1) is 0 Å². The first-order chi connectivity index (χ1) is 4.94. The van der Waals surface area contributed by atoms with Crippen LogP contribution in [-0.2, 0) is 14.8 Å². The number of sulfonamides is 1. The average Bonchev–Trinajstić information content (AvgIpc) is 2.63. The Morgan fingerprint density at radius 3 is 2.09 bits per heavy atom. The molecule has 6 heteroatoms. The molecule has 0 heterocycles. The third-order valence-electron chi connectivity index (χ3n) is 1.89. The Kier molecular flexibility index (Phi) is 1.68. The number of hydrogen-bond donors (Lipinski definition) is 2. The van der Waals surface area contributed by atoms with Crippen molar-refractivity contribution in [1.29, 1.82) is 0 Å². The molecule has 1 fully saturated rings. The number of hydrogen-bond acceptors (Lipinski definition) is 3. The molecule has 0 aliphatic heterocycles. The molecule has 0 bridgehead atoms. The van der Waals surface area contributed by atoms with Crippen molar-refractivity contribution >= 4 is 15.9 Å². The van der Waals surface area contributed by atoms with Crippen LogP contribution in [0.15, 0.2) is 0 Å². The summed E-state index contributed by atoms with van der Waals surface area (Å²) in [6.07, 6.45) is 0.678. The lowest BCUT2D eigenvalue weighted by Crippen LogP contribution is -2.43. The fourth-order valence-corrected chi connectivity index (χ4v) is 2.01. The van der Waals surface area contributed by atoms with E-state index >= 15 is 0 Å². The summed E-state index contributed by atoms with van der Waals surface area (Å²) in [4.78, 5) is 11.0. The zero-order valence-corrected chi connectivity index (χ0v) is 6.94. The predicted molar refractivity (Wildman–Crippen MR) is 39.1 cm³/mol. The summed E-state index contributed by atoms with van der Waals surface area (Å²) in [5, 5.41) is 7.14. The number of amides is 1. The maximum atomic E-state index is 11.0. The molecule has 0 unspecified atom stereocenters. The monoisotopic (exact) mass is 178 g/mol. The van der Waals surface area contributed by atoms with Gasteiger partial charge in [-0.25, -0.2) is 13.6 Å². The van der Waals surface area contributed by atoms with E-state index in [0.29, 0.717) is 12.8 Å². The van der Waals surface area contributed by atoms with E-state index in [1.807, 2.05) is 0 Å². The van der Waals surface area contributed by atoms with Crippen LogP contribution in [-0.4, -0.2) is 26.1 Å². The summed E-state index contributed by atoms with van der Waals surface area (Å²) in [7, 11) is -2.32. The Hall–Kier alpha value is -0.620. The molecular weight excluding hydrogens is 168 g/mol. The highest BCUT2D eigenvalue weighted by atomic mass is 32.2. The number of nitrogens with two attached hydrogens (primary N) is 1. The number of rotatable bonds is 2. The summed E-state index contributed by atoms with van der Waals surface area (Å²) >= 11 is 0. The molecule has 1 amide bonds. The molecular formula is C5H10N2O3S. The lowest BCUT2D eigenvalue weighted by Gasteiger charge is -2.09. The minimum absolute atomic E-state index is 0.339. The van der Waals surface area contributed by atoms with Crippen LogP contribution >= 0.6 is 0 Å². The van der Waals surface area contributed by atoms with Crippen LogP contribution in [0.5, 0.6) is 0 Å². The highest BCUT2D eigenvalue weighted by Crippen LogP contribution is 2.41. The van der Waals surface area contributed by atoms with E-state index < -0.39 is 20.7 Å². The largest absolute Gasteiger partial charge is 0.358 e. The van der Waals surface area contributed by atoms with E-state index in [2.05, 4.69) is 5.32 Å². The number of nitrogens with one attached hydrogen (secondary N) is 1. The summed E-state index contributed by atoms with van der Waals surface area (Å²) in [6.45, 7) is 0. The predicted octanol–water partition coefficient (Wildman–Crippen LogP) is -1.45. The SMILES string of the molecule is CNC(=O)C1(S(N)(=O)=O)CC1. The lowest BCUT2D eigenvalue weighted by molar-refractivity contribution is -0.120. The molecule has 0 aromatic heterocycles. The van der Waals surface area contributed by atoms with E-state index in [0.717, 1.165) is 0 Å². The third-order valence-corrected chi connectivity index (χ3v) is 3.57. The van der Waals surface area contributed by atoms with Crippen LogP contribution in [0.25, 0.3) is 0 Å². The molecule has 64 valence electrons. The summed E-state index contributed by atoms with van der Waals surface area (Å²) in [6, 6.07) is 0.